The van der Waals surface area contributed by atoms with Gasteiger partial charge in [0.2, 0.25) is 5.13 Å². The number of thiazole rings is 1. The third-order valence-electron chi connectivity index (χ3n) is 4.78. The Morgan fingerprint density at radius 1 is 1.30 bits per heavy atom. The van der Waals surface area contributed by atoms with E-state index in [0.29, 0.717) is 5.13 Å². The fourth-order valence-electron chi connectivity index (χ4n) is 3.34. The molecule has 1 N–H and O–H groups in total. The summed E-state index contributed by atoms with van der Waals surface area (Å²) in [5.74, 6) is 0. The zero-order chi connectivity index (χ0) is 18.6. The van der Waals surface area contributed by atoms with Crippen molar-refractivity contribution in [1.82, 2.24) is 20.1 Å². The van der Waals surface area contributed by atoms with Gasteiger partial charge in [-0.15, -0.1) is 21.5 Å². The quantitative estimate of drug-likeness (QED) is 0.693. The summed E-state index contributed by atoms with van der Waals surface area (Å²) in [7, 11) is 0. The van der Waals surface area contributed by atoms with E-state index in [0.717, 1.165) is 42.2 Å². The third-order valence-corrected chi connectivity index (χ3v) is 6.50. The van der Waals surface area contributed by atoms with Gasteiger partial charge in [-0.05, 0) is 37.3 Å². The van der Waals surface area contributed by atoms with Gasteiger partial charge in [-0.2, -0.15) is 0 Å². The number of hydrogen-bond acceptors (Lipinski definition) is 6. The van der Waals surface area contributed by atoms with Gasteiger partial charge in [-0.25, -0.2) is 9.78 Å². The average Bonchev–Trinajstić information content (AvgIpc) is 3.36. The first-order chi connectivity index (χ1) is 13.2. The van der Waals surface area contributed by atoms with Crippen molar-refractivity contribution in [3.63, 3.8) is 0 Å². The number of piperidine rings is 1. The molecule has 1 fully saturated rings. The molecule has 0 saturated carbocycles. The van der Waals surface area contributed by atoms with E-state index in [-0.39, 0.29) is 12.1 Å². The monoisotopic (exact) mass is 399 g/mol. The second kappa shape index (κ2) is 8.14. The van der Waals surface area contributed by atoms with Crippen LogP contribution in [0.15, 0.2) is 35.8 Å². The summed E-state index contributed by atoms with van der Waals surface area (Å²) in [6.07, 6.45) is 5.62. The molecule has 1 aromatic carbocycles. The average molecular weight is 400 g/mol. The molecule has 4 rings (SSSR count). The van der Waals surface area contributed by atoms with Crippen LogP contribution in [0.5, 0.6) is 0 Å². The maximum absolute atomic E-state index is 12.8. The van der Waals surface area contributed by atoms with Gasteiger partial charge in [0.1, 0.15) is 10.0 Å². The number of nitrogens with zero attached hydrogens (tertiary/aromatic N) is 4. The zero-order valence-corrected chi connectivity index (χ0v) is 16.7. The van der Waals surface area contributed by atoms with E-state index < -0.39 is 0 Å². The van der Waals surface area contributed by atoms with E-state index in [4.69, 9.17) is 0 Å². The molecule has 2 amide bonds. The van der Waals surface area contributed by atoms with Crippen LogP contribution in [0.25, 0.3) is 0 Å². The molecule has 0 aliphatic carbocycles. The first kappa shape index (κ1) is 18.1. The number of hydrogen-bond donors (Lipinski definition) is 1. The van der Waals surface area contributed by atoms with E-state index >= 15 is 0 Å². The van der Waals surface area contributed by atoms with Crippen molar-refractivity contribution in [1.29, 1.82) is 0 Å². The molecule has 140 valence electrons. The van der Waals surface area contributed by atoms with Crippen LogP contribution in [0.2, 0.25) is 0 Å². The summed E-state index contributed by atoms with van der Waals surface area (Å²) in [6.45, 7) is 2.83. The molecule has 0 spiro atoms. The van der Waals surface area contributed by atoms with Crippen LogP contribution in [-0.2, 0) is 6.42 Å². The second-order valence-electron chi connectivity index (χ2n) is 6.61. The highest BCUT2D eigenvalue weighted by Crippen LogP contribution is 2.32. The van der Waals surface area contributed by atoms with E-state index in [1.807, 2.05) is 22.4 Å². The lowest BCUT2D eigenvalue weighted by atomic mass is 10.0. The van der Waals surface area contributed by atoms with Gasteiger partial charge in [-0.3, -0.25) is 5.32 Å². The smallest absolute Gasteiger partial charge is 0.315 e. The van der Waals surface area contributed by atoms with Crippen molar-refractivity contribution in [3.05, 3.63) is 57.0 Å². The first-order valence-corrected chi connectivity index (χ1v) is 10.7. The Morgan fingerprint density at radius 3 is 3.00 bits per heavy atom. The van der Waals surface area contributed by atoms with Gasteiger partial charge in [0.15, 0.2) is 0 Å². The molecular weight excluding hydrogens is 378 g/mol. The van der Waals surface area contributed by atoms with Crippen molar-refractivity contribution in [2.24, 2.45) is 0 Å². The van der Waals surface area contributed by atoms with Crippen molar-refractivity contribution in [2.75, 3.05) is 11.9 Å². The topological polar surface area (TPSA) is 71.0 Å². The van der Waals surface area contributed by atoms with Crippen LogP contribution in [0, 0.1) is 6.92 Å². The molecule has 0 bridgehead atoms. The summed E-state index contributed by atoms with van der Waals surface area (Å²) >= 11 is 3.04. The second-order valence-corrected chi connectivity index (χ2v) is 8.60. The van der Waals surface area contributed by atoms with Crippen LogP contribution < -0.4 is 5.32 Å². The summed E-state index contributed by atoms with van der Waals surface area (Å²) in [5, 5.41) is 15.7. The van der Waals surface area contributed by atoms with Gasteiger partial charge >= 0.3 is 6.03 Å². The van der Waals surface area contributed by atoms with Gasteiger partial charge in [-0.1, -0.05) is 35.6 Å². The van der Waals surface area contributed by atoms with Crippen LogP contribution in [0.1, 0.15) is 46.4 Å². The summed E-state index contributed by atoms with van der Waals surface area (Å²) < 4.78 is 0. The molecule has 6 nitrogen and oxygen atoms in total. The Kier molecular flexibility index (Phi) is 5.45. The van der Waals surface area contributed by atoms with Crippen molar-refractivity contribution in [3.8, 4) is 0 Å². The molecule has 1 saturated heterocycles. The largest absolute Gasteiger partial charge is 0.324 e. The number of rotatable bonds is 4. The number of anilines is 1. The van der Waals surface area contributed by atoms with E-state index in [9.17, 15) is 4.79 Å². The number of benzene rings is 1. The lowest BCUT2D eigenvalue weighted by Gasteiger charge is -2.34. The lowest BCUT2D eigenvalue weighted by molar-refractivity contribution is 0.163. The molecule has 1 aliphatic heterocycles. The number of aromatic nitrogens is 3. The number of urea groups is 1. The van der Waals surface area contributed by atoms with Crippen molar-refractivity contribution < 1.29 is 4.79 Å². The lowest BCUT2D eigenvalue weighted by Crippen LogP contribution is -2.41. The maximum Gasteiger partial charge on any atom is 0.324 e. The zero-order valence-electron chi connectivity index (χ0n) is 15.1. The summed E-state index contributed by atoms with van der Waals surface area (Å²) in [6, 6.07) is 8.19. The maximum atomic E-state index is 12.8. The number of aryl methyl sites for hydroxylation is 1. The van der Waals surface area contributed by atoms with Crippen LogP contribution in [-0.4, -0.2) is 32.7 Å². The predicted molar refractivity (Wildman–Crippen MR) is 108 cm³/mol. The molecule has 3 heterocycles. The minimum Gasteiger partial charge on any atom is -0.315 e. The molecule has 1 atom stereocenters. The highest BCUT2D eigenvalue weighted by Gasteiger charge is 2.30. The Hall–Kier alpha value is -2.32. The first-order valence-electron chi connectivity index (χ1n) is 9.04. The fourth-order valence-corrected chi connectivity index (χ4v) is 4.88. The molecule has 2 aromatic heterocycles. The van der Waals surface area contributed by atoms with Crippen molar-refractivity contribution in [2.45, 2.75) is 38.6 Å². The van der Waals surface area contributed by atoms with Crippen LogP contribution in [0.4, 0.5) is 9.93 Å². The molecule has 1 aliphatic rings. The van der Waals surface area contributed by atoms with E-state index in [2.05, 4.69) is 39.6 Å². The SMILES string of the molecule is Cc1ccccc1Cc1nnc(NC(=O)N2CCCCC2c2nccs2)s1. The number of amides is 2. The van der Waals surface area contributed by atoms with E-state index in [1.54, 1.807) is 17.5 Å². The number of nitrogens with one attached hydrogen (secondary N) is 1. The Morgan fingerprint density at radius 2 is 2.19 bits per heavy atom. The van der Waals surface area contributed by atoms with Gasteiger partial charge in [0.25, 0.3) is 0 Å². The number of carbonyl (C=O) groups is 1. The molecular formula is C19H21N5OS2. The fraction of sp³-hybridized carbons (Fsp3) is 0.368. The molecule has 27 heavy (non-hydrogen) atoms. The minimum atomic E-state index is -0.117. The van der Waals surface area contributed by atoms with Gasteiger partial charge < -0.3 is 4.90 Å². The van der Waals surface area contributed by atoms with Gasteiger partial charge in [0, 0.05) is 24.5 Å². The Bertz CT molecular complexity index is 908. The third kappa shape index (κ3) is 4.17. The summed E-state index contributed by atoms with van der Waals surface area (Å²) in [4.78, 5) is 19.1. The molecule has 3 aromatic rings. The highest BCUT2D eigenvalue weighted by molar-refractivity contribution is 7.15. The normalized spacial score (nSPS) is 17.1. The number of likely N-dealkylation sites (tertiary alicyclic amines) is 1. The van der Waals surface area contributed by atoms with E-state index in [1.165, 1.54) is 22.5 Å². The van der Waals surface area contributed by atoms with Crippen molar-refractivity contribution >= 4 is 33.8 Å². The molecule has 0 radical (unpaired) electrons. The van der Waals surface area contributed by atoms with Crippen LogP contribution >= 0.6 is 22.7 Å². The summed E-state index contributed by atoms with van der Waals surface area (Å²) in [5.41, 5.74) is 2.46. The molecule has 8 heteroatoms. The number of carbonyl (C=O) groups excluding carboxylic acids is 1. The van der Waals surface area contributed by atoms with Crippen LogP contribution in [0.3, 0.4) is 0 Å². The Balaban J connectivity index is 1.43. The minimum absolute atomic E-state index is 0.0538. The van der Waals surface area contributed by atoms with Gasteiger partial charge in [0.05, 0.1) is 6.04 Å². The molecule has 1 unspecified atom stereocenters. The highest BCUT2D eigenvalue weighted by atomic mass is 32.1. The predicted octanol–water partition coefficient (Wildman–Crippen LogP) is 4.65. The standard InChI is InChI=1S/C19H21N5OS2/c1-13-6-2-3-7-14(13)12-16-22-23-18(27-16)21-19(25)24-10-5-4-8-15(24)17-20-9-11-26-17/h2-3,6-7,9,11,15H,4-5,8,10,12H2,1H3,(H,21,23,25). The Labute approximate surface area is 166 Å².